The molecule has 0 amide bonds. The Morgan fingerprint density at radius 2 is 1.55 bits per heavy atom. The second-order valence-corrected chi connectivity index (χ2v) is 6.26. The van der Waals surface area contributed by atoms with E-state index in [1.165, 1.54) is 14.2 Å². The lowest BCUT2D eigenvalue weighted by Crippen LogP contribution is -2.15. The smallest absolute Gasteiger partial charge is 0.264 e. The Morgan fingerprint density at radius 3 is 2.09 bits per heavy atom. The monoisotopic (exact) mass is 325 g/mol. The Bertz CT molecular complexity index is 773. The van der Waals surface area contributed by atoms with Gasteiger partial charge in [0.05, 0.1) is 14.2 Å². The van der Waals surface area contributed by atoms with Gasteiger partial charge in [0.15, 0.2) is 11.5 Å². The maximum Gasteiger partial charge on any atom is 0.264 e. The molecule has 118 valence electrons. The number of benzene rings is 2. The normalized spacial score (nSPS) is 11.1. The second kappa shape index (κ2) is 6.23. The van der Waals surface area contributed by atoms with Gasteiger partial charge in [0.1, 0.15) is 10.7 Å². The SMILES string of the molecule is COc1cc(F)c(S(=O)(=O)Nc2ccc(C)cc2)cc1OC. The van der Waals surface area contributed by atoms with E-state index >= 15 is 0 Å². The molecule has 0 saturated heterocycles. The molecule has 5 nitrogen and oxygen atoms in total. The van der Waals surface area contributed by atoms with Gasteiger partial charge in [0, 0.05) is 17.8 Å². The van der Waals surface area contributed by atoms with E-state index in [1.54, 1.807) is 24.3 Å². The van der Waals surface area contributed by atoms with Crippen molar-refractivity contribution in [2.24, 2.45) is 0 Å². The van der Waals surface area contributed by atoms with Gasteiger partial charge in [-0.15, -0.1) is 0 Å². The summed E-state index contributed by atoms with van der Waals surface area (Å²) in [6, 6.07) is 8.77. The van der Waals surface area contributed by atoms with Crippen molar-refractivity contribution < 1.29 is 22.3 Å². The molecule has 7 heteroatoms. The Hall–Kier alpha value is -2.28. The Balaban J connectivity index is 2.42. The maximum absolute atomic E-state index is 14.1. The molecule has 0 spiro atoms. The van der Waals surface area contributed by atoms with Crippen LogP contribution in [0, 0.1) is 12.7 Å². The van der Waals surface area contributed by atoms with Crippen molar-refractivity contribution in [1.82, 2.24) is 0 Å². The molecule has 0 radical (unpaired) electrons. The molecule has 0 bridgehead atoms. The van der Waals surface area contributed by atoms with Gasteiger partial charge in [-0.05, 0) is 19.1 Å². The molecule has 2 aromatic carbocycles. The van der Waals surface area contributed by atoms with E-state index in [9.17, 15) is 12.8 Å². The molecule has 1 N–H and O–H groups in total. The summed E-state index contributed by atoms with van der Waals surface area (Å²) >= 11 is 0. The Kier molecular flexibility index (Phi) is 4.56. The van der Waals surface area contributed by atoms with Crippen molar-refractivity contribution in [3.05, 3.63) is 47.8 Å². The van der Waals surface area contributed by atoms with Crippen LogP contribution in [0.5, 0.6) is 11.5 Å². The van der Waals surface area contributed by atoms with Gasteiger partial charge in [-0.2, -0.15) is 0 Å². The van der Waals surface area contributed by atoms with Gasteiger partial charge in [0.2, 0.25) is 0 Å². The van der Waals surface area contributed by atoms with Crippen LogP contribution in [0.25, 0.3) is 0 Å². The standard InChI is InChI=1S/C15H16FNO4S/c1-10-4-6-11(7-5-10)17-22(18,19)15-9-14(21-3)13(20-2)8-12(15)16/h4-9,17H,1-3H3. The number of hydrogen-bond acceptors (Lipinski definition) is 4. The zero-order valence-corrected chi connectivity index (χ0v) is 13.2. The first-order valence-electron chi connectivity index (χ1n) is 6.38. The van der Waals surface area contributed by atoms with Gasteiger partial charge in [-0.25, -0.2) is 12.8 Å². The number of rotatable bonds is 5. The molecule has 0 aliphatic carbocycles. The molecule has 0 aliphatic rings. The maximum atomic E-state index is 14.1. The minimum Gasteiger partial charge on any atom is -0.493 e. The molecule has 0 saturated carbocycles. The summed E-state index contributed by atoms with van der Waals surface area (Å²) in [7, 11) is -1.38. The molecular weight excluding hydrogens is 309 g/mol. The summed E-state index contributed by atoms with van der Waals surface area (Å²) in [5.74, 6) is -0.667. The van der Waals surface area contributed by atoms with Gasteiger partial charge in [-0.1, -0.05) is 17.7 Å². The number of anilines is 1. The average molecular weight is 325 g/mol. The van der Waals surface area contributed by atoms with Crippen molar-refractivity contribution in [3.63, 3.8) is 0 Å². The summed E-state index contributed by atoms with van der Waals surface area (Å²) in [5.41, 5.74) is 1.33. The number of hydrogen-bond donors (Lipinski definition) is 1. The number of methoxy groups -OCH3 is 2. The summed E-state index contributed by atoms with van der Waals surface area (Å²) in [5, 5.41) is 0. The molecule has 0 unspecified atom stereocenters. The summed E-state index contributed by atoms with van der Waals surface area (Å²) in [4.78, 5) is -0.509. The van der Waals surface area contributed by atoms with Crippen LogP contribution in [0.1, 0.15) is 5.56 Å². The average Bonchev–Trinajstić information content (AvgIpc) is 2.48. The van der Waals surface area contributed by atoms with Crippen LogP contribution in [0.3, 0.4) is 0 Å². The van der Waals surface area contributed by atoms with Crippen molar-refractivity contribution in [3.8, 4) is 11.5 Å². The molecular formula is C15H16FNO4S. The first-order valence-corrected chi connectivity index (χ1v) is 7.86. The van der Waals surface area contributed by atoms with Crippen molar-refractivity contribution in [2.45, 2.75) is 11.8 Å². The molecule has 0 fully saturated rings. The van der Waals surface area contributed by atoms with Crippen molar-refractivity contribution in [2.75, 3.05) is 18.9 Å². The lowest BCUT2D eigenvalue weighted by molar-refractivity contribution is 0.350. The van der Waals surface area contributed by atoms with Crippen LogP contribution in [0.2, 0.25) is 0 Å². The highest BCUT2D eigenvalue weighted by Crippen LogP contribution is 2.32. The van der Waals surface area contributed by atoms with Gasteiger partial charge < -0.3 is 9.47 Å². The van der Waals surface area contributed by atoms with E-state index in [2.05, 4.69) is 4.72 Å². The summed E-state index contributed by atoms with van der Waals surface area (Å²) in [6.45, 7) is 1.88. The first kappa shape index (κ1) is 16.1. The van der Waals surface area contributed by atoms with Crippen LogP contribution in [0.15, 0.2) is 41.3 Å². The molecule has 22 heavy (non-hydrogen) atoms. The number of nitrogens with one attached hydrogen (secondary N) is 1. The van der Waals surface area contributed by atoms with Crippen LogP contribution in [-0.4, -0.2) is 22.6 Å². The highest BCUT2D eigenvalue weighted by Gasteiger charge is 2.22. The van der Waals surface area contributed by atoms with Gasteiger partial charge >= 0.3 is 0 Å². The second-order valence-electron chi connectivity index (χ2n) is 4.61. The van der Waals surface area contributed by atoms with Crippen LogP contribution in [-0.2, 0) is 10.0 Å². The third kappa shape index (κ3) is 3.30. The molecule has 0 heterocycles. The van der Waals surface area contributed by atoms with Crippen LogP contribution in [0.4, 0.5) is 10.1 Å². The fourth-order valence-corrected chi connectivity index (χ4v) is 3.01. The number of ether oxygens (including phenoxy) is 2. The fourth-order valence-electron chi connectivity index (χ4n) is 1.87. The molecule has 0 aliphatic heterocycles. The quantitative estimate of drug-likeness (QED) is 0.918. The molecule has 2 aromatic rings. The third-order valence-electron chi connectivity index (χ3n) is 3.03. The molecule has 0 aromatic heterocycles. The first-order chi connectivity index (χ1) is 10.4. The lowest BCUT2D eigenvalue weighted by atomic mass is 10.2. The topological polar surface area (TPSA) is 64.6 Å². The third-order valence-corrected chi connectivity index (χ3v) is 4.43. The van der Waals surface area contributed by atoms with E-state index in [1.807, 2.05) is 6.92 Å². The minimum atomic E-state index is -4.07. The van der Waals surface area contributed by atoms with Crippen LogP contribution >= 0.6 is 0 Å². The summed E-state index contributed by atoms with van der Waals surface area (Å²) in [6.07, 6.45) is 0. The van der Waals surface area contributed by atoms with E-state index in [0.29, 0.717) is 5.69 Å². The zero-order valence-electron chi connectivity index (χ0n) is 12.4. The van der Waals surface area contributed by atoms with Crippen LogP contribution < -0.4 is 14.2 Å². The van der Waals surface area contributed by atoms with Crippen molar-refractivity contribution >= 4 is 15.7 Å². The largest absolute Gasteiger partial charge is 0.493 e. The minimum absolute atomic E-state index is 0.120. The lowest BCUT2D eigenvalue weighted by Gasteiger charge is -2.12. The summed E-state index contributed by atoms with van der Waals surface area (Å²) < 4.78 is 51.0. The molecule has 2 rings (SSSR count). The fraction of sp³-hybridized carbons (Fsp3) is 0.200. The Morgan fingerprint density at radius 1 is 1.00 bits per heavy atom. The van der Waals surface area contributed by atoms with E-state index in [4.69, 9.17) is 9.47 Å². The molecule has 0 atom stereocenters. The van der Waals surface area contributed by atoms with E-state index < -0.39 is 20.7 Å². The van der Waals surface area contributed by atoms with E-state index in [-0.39, 0.29) is 11.5 Å². The van der Waals surface area contributed by atoms with Crippen molar-refractivity contribution in [1.29, 1.82) is 0 Å². The Labute approximate surface area is 128 Å². The number of sulfonamides is 1. The highest BCUT2D eigenvalue weighted by atomic mass is 32.2. The van der Waals surface area contributed by atoms with Gasteiger partial charge in [0.25, 0.3) is 10.0 Å². The van der Waals surface area contributed by atoms with Gasteiger partial charge in [-0.3, -0.25) is 4.72 Å². The zero-order chi connectivity index (χ0) is 16.3. The number of halogens is 1. The predicted octanol–water partition coefficient (Wildman–Crippen LogP) is 2.95. The predicted molar refractivity (Wildman–Crippen MR) is 81.5 cm³/mol. The van der Waals surface area contributed by atoms with E-state index in [0.717, 1.165) is 17.7 Å². The highest BCUT2D eigenvalue weighted by molar-refractivity contribution is 7.92. The number of aryl methyl sites for hydroxylation is 1.